The lowest BCUT2D eigenvalue weighted by Gasteiger charge is -2.15. The van der Waals surface area contributed by atoms with Crippen molar-refractivity contribution < 1.29 is 13.2 Å². The Morgan fingerprint density at radius 1 is 1.25 bits per heavy atom. The third kappa shape index (κ3) is 3.26. The number of H-pyrrole nitrogens is 1. The van der Waals surface area contributed by atoms with E-state index in [0.717, 1.165) is 4.31 Å². The molecule has 0 saturated carbocycles. The van der Waals surface area contributed by atoms with Gasteiger partial charge in [-0.2, -0.15) is 5.26 Å². The number of aromatic nitrogens is 2. The van der Waals surface area contributed by atoms with Crippen LogP contribution in [-0.2, 0) is 10.0 Å². The summed E-state index contributed by atoms with van der Waals surface area (Å²) >= 11 is 5.81. The van der Waals surface area contributed by atoms with Crippen molar-refractivity contribution in [2.45, 2.75) is 5.03 Å². The fourth-order valence-corrected chi connectivity index (χ4v) is 2.90. The van der Waals surface area contributed by atoms with Gasteiger partial charge in [-0.1, -0.05) is 11.6 Å². The molecule has 0 aliphatic rings. The van der Waals surface area contributed by atoms with Gasteiger partial charge in [-0.25, -0.2) is 17.7 Å². The third-order valence-corrected chi connectivity index (χ3v) is 5.26. The van der Waals surface area contributed by atoms with Crippen molar-refractivity contribution in [3.8, 4) is 6.07 Å². The molecule has 1 heterocycles. The normalized spacial score (nSPS) is 11.3. The van der Waals surface area contributed by atoms with Gasteiger partial charge in [0.05, 0.1) is 0 Å². The second-order valence-corrected chi connectivity index (χ2v) is 7.53. The van der Waals surface area contributed by atoms with E-state index in [1.165, 1.54) is 26.0 Å². The summed E-state index contributed by atoms with van der Waals surface area (Å²) in [5.74, 6) is -0.835. The molecule has 1 aromatic carbocycles. The Hall–Kier alpha value is -2.41. The first-order valence-electron chi connectivity index (χ1n) is 6.64. The van der Waals surface area contributed by atoms with E-state index >= 15 is 0 Å². The third-order valence-electron chi connectivity index (χ3n) is 3.24. The Balaban J connectivity index is 2.43. The minimum Gasteiger partial charge on any atom is -0.323 e. The Labute approximate surface area is 144 Å². The van der Waals surface area contributed by atoms with Crippen molar-refractivity contribution in [2.24, 2.45) is 0 Å². The number of carbonyl (C=O) groups is 1. The first-order chi connectivity index (χ1) is 11.2. The Bertz CT molecular complexity index is 913. The molecule has 1 aromatic heterocycles. The van der Waals surface area contributed by atoms with Crippen molar-refractivity contribution in [1.29, 1.82) is 5.26 Å². The number of amides is 1. The van der Waals surface area contributed by atoms with Crippen LogP contribution in [0.2, 0.25) is 5.02 Å². The molecule has 2 rings (SSSR count). The van der Waals surface area contributed by atoms with Crippen LogP contribution in [0.3, 0.4) is 0 Å². The zero-order valence-electron chi connectivity index (χ0n) is 13.1. The van der Waals surface area contributed by atoms with Gasteiger partial charge in [0.2, 0.25) is 0 Å². The van der Waals surface area contributed by atoms with Gasteiger partial charge in [0, 0.05) is 31.9 Å². The lowest BCUT2D eigenvalue weighted by molar-refractivity contribution is 0.0983. The molecular weight excluding hydrogens is 354 g/mol. The second kappa shape index (κ2) is 6.60. The summed E-state index contributed by atoms with van der Waals surface area (Å²) in [6, 6.07) is 8.18. The van der Waals surface area contributed by atoms with Crippen LogP contribution in [0, 0.1) is 11.3 Å². The molecule has 0 fully saturated rings. The van der Waals surface area contributed by atoms with Crippen LogP contribution in [0.25, 0.3) is 0 Å². The van der Waals surface area contributed by atoms with Gasteiger partial charge in [0.15, 0.2) is 16.5 Å². The summed E-state index contributed by atoms with van der Waals surface area (Å²) in [5, 5.41) is 9.19. The number of anilines is 1. The Morgan fingerprint density at radius 2 is 1.83 bits per heavy atom. The zero-order chi connectivity index (χ0) is 18.1. The van der Waals surface area contributed by atoms with Gasteiger partial charge < -0.3 is 9.88 Å². The Morgan fingerprint density at radius 3 is 2.33 bits per heavy atom. The first-order valence-corrected chi connectivity index (χ1v) is 8.46. The highest BCUT2D eigenvalue weighted by atomic mass is 35.5. The van der Waals surface area contributed by atoms with Gasteiger partial charge >= 0.3 is 0 Å². The SMILES string of the molecule is CN(C(=O)c1nc(C#N)c(S(=O)(=O)N(C)C)[nH]1)c1ccc(Cl)cc1. The lowest BCUT2D eigenvalue weighted by atomic mass is 10.3. The minimum absolute atomic E-state index is 0.246. The predicted molar refractivity (Wildman–Crippen MR) is 88.4 cm³/mol. The van der Waals surface area contributed by atoms with E-state index in [2.05, 4.69) is 9.97 Å². The number of rotatable bonds is 4. The van der Waals surface area contributed by atoms with Crippen molar-refractivity contribution in [3.63, 3.8) is 0 Å². The number of nitrogens with zero attached hydrogens (tertiary/aromatic N) is 4. The lowest BCUT2D eigenvalue weighted by Crippen LogP contribution is -2.27. The van der Waals surface area contributed by atoms with Gasteiger partial charge in [0.1, 0.15) is 6.07 Å². The number of halogens is 1. The average Bonchev–Trinajstić information content (AvgIpc) is 2.99. The molecule has 0 spiro atoms. The van der Waals surface area contributed by atoms with Gasteiger partial charge in [-0.05, 0) is 24.3 Å². The highest BCUT2D eigenvalue weighted by Crippen LogP contribution is 2.20. The number of hydrogen-bond acceptors (Lipinski definition) is 5. The summed E-state index contributed by atoms with van der Waals surface area (Å²) in [6.07, 6.45) is 0. The molecule has 24 heavy (non-hydrogen) atoms. The summed E-state index contributed by atoms with van der Waals surface area (Å²) in [7, 11) is 0.213. The monoisotopic (exact) mass is 367 g/mol. The molecule has 0 bridgehead atoms. The molecular formula is C14H14ClN5O3S. The van der Waals surface area contributed by atoms with Crippen LogP contribution in [0.4, 0.5) is 5.69 Å². The molecule has 126 valence electrons. The fourth-order valence-electron chi connectivity index (χ4n) is 1.84. The number of benzene rings is 1. The molecule has 0 unspecified atom stereocenters. The Kier molecular flexibility index (Phi) is 4.94. The van der Waals surface area contributed by atoms with E-state index in [1.54, 1.807) is 30.3 Å². The minimum atomic E-state index is -3.92. The highest BCUT2D eigenvalue weighted by Gasteiger charge is 2.28. The molecule has 1 N–H and O–H groups in total. The molecule has 0 saturated heterocycles. The van der Waals surface area contributed by atoms with Crippen molar-refractivity contribution >= 4 is 33.2 Å². The van der Waals surface area contributed by atoms with Crippen LogP contribution in [0.5, 0.6) is 0 Å². The van der Waals surface area contributed by atoms with Crippen LogP contribution >= 0.6 is 11.6 Å². The summed E-state index contributed by atoms with van der Waals surface area (Å²) in [6.45, 7) is 0. The molecule has 0 radical (unpaired) electrons. The highest BCUT2D eigenvalue weighted by molar-refractivity contribution is 7.89. The van der Waals surface area contributed by atoms with Crippen LogP contribution < -0.4 is 4.90 Å². The maximum atomic E-state index is 12.5. The van der Waals surface area contributed by atoms with E-state index in [9.17, 15) is 13.2 Å². The van der Waals surface area contributed by atoms with Crippen molar-refractivity contribution in [1.82, 2.24) is 14.3 Å². The number of nitrogens with one attached hydrogen (secondary N) is 1. The molecule has 0 atom stereocenters. The van der Waals surface area contributed by atoms with Crippen molar-refractivity contribution in [3.05, 3.63) is 40.8 Å². The van der Waals surface area contributed by atoms with E-state index in [1.807, 2.05) is 0 Å². The molecule has 8 nitrogen and oxygen atoms in total. The quantitative estimate of drug-likeness (QED) is 0.879. The molecule has 0 aliphatic heterocycles. The molecule has 0 aliphatic carbocycles. The first kappa shape index (κ1) is 17.9. The van der Waals surface area contributed by atoms with Crippen LogP contribution in [-0.4, -0.2) is 49.7 Å². The molecule has 1 amide bonds. The summed E-state index contributed by atoms with van der Waals surface area (Å²) in [5.41, 5.74) is 0.174. The standard InChI is InChI=1S/C14H14ClN5O3S/c1-19(2)24(22,23)13-11(8-16)17-12(18-13)14(21)20(3)10-6-4-9(15)5-7-10/h4-7H,1-3H3,(H,17,18). The maximum absolute atomic E-state index is 12.5. The van der Waals surface area contributed by atoms with Crippen LogP contribution in [0.1, 0.15) is 16.3 Å². The van der Waals surface area contributed by atoms with E-state index in [4.69, 9.17) is 16.9 Å². The average molecular weight is 368 g/mol. The van der Waals surface area contributed by atoms with Crippen molar-refractivity contribution in [2.75, 3.05) is 26.0 Å². The van der Waals surface area contributed by atoms with Gasteiger partial charge in [0.25, 0.3) is 15.9 Å². The zero-order valence-corrected chi connectivity index (χ0v) is 14.7. The smallest absolute Gasteiger partial charge is 0.293 e. The topological polar surface area (TPSA) is 110 Å². The van der Waals surface area contributed by atoms with E-state index in [0.29, 0.717) is 10.7 Å². The van der Waals surface area contributed by atoms with E-state index < -0.39 is 21.0 Å². The summed E-state index contributed by atoms with van der Waals surface area (Å²) in [4.78, 5) is 20.0. The molecule has 10 heteroatoms. The van der Waals surface area contributed by atoms with Crippen LogP contribution in [0.15, 0.2) is 29.3 Å². The van der Waals surface area contributed by atoms with Gasteiger partial charge in [-0.15, -0.1) is 0 Å². The number of hydrogen-bond donors (Lipinski definition) is 1. The summed E-state index contributed by atoms with van der Waals surface area (Å²) < 4.78 is 25.3. The van der Waals surface area contributed by atoms with E-state index in [-0.39, 0.29) is 11.5 Å². The number of aromatic amines is 1. The number of nitriles is 1. The largest absolute Gasteiger partial charge is 0.323 e. The van der Waals surface area contributed by atoms with Gasteiger partial charge in [-0.3, -0.25) is 4.79 Å². The fraction of sp³-hybridized carbons (Fsp3) is 0.214. The second-order valence-electron chi connectivity index (χ2n) is 5.00. The predicted octanol–water partition coefficient (Wildman–Crippen LogP) is 1.46. The number of imidazole rings is 1. The maximum Gasteiger partial charge on any atom is 0.293 e. The number of carbonyl (C=O) groups excluding carboxylic acids is 1. The number of sulfonamides is 1. The molecule has 2 aromatic rings.